The Hall–Kier alpha value is -3.92. The van der Waals surface area contributed by atoms with Gasteiger partial charge in [-0.1, -0.05) is 56.3 Å². The fourth-order valence-corrected chi connectivity index (χ4v) is 4.61. The zero-order chi connectivity index (χ0) is 25.0. The largest absolute Gasteiger partial charge is 0.508 e. The van der Waals surface area contributed by atoms with Crippen molar-refractivity contribution in [3.8, 4) is 23.0 Å². The van der Waals surface area contributed by atoms with Gasteiger partial charge in [0.25, 0.3) is 0 Å². The highest BCUT2D eigenvalue weighted by molar-refractivity contribution is 5.48. The van der Waals surface area contributed by atoms with Crippen LogP contribution in [0.3, 0.4) is 0 Å². The molecule has 4 aromatic carbocycles. The van der Waals surface area contributed by atoms with E-state index in [1.165, 1.54) is 0 Å². The Morgan fingerprint density at radius 3 is 1.60 bits per heavy atom. The van der Waals surface area contributed by atoms with Gasteiger partial charge in [-0.15, -0.1) is 0 Å². The van der Waals surface area contributed by atoms with Crippen molar-refractivity contribution in [2.24, 2.45) is 0 Å². The Morgan fingerprint density at radius 1 is 0.514 bits per heavy atom. The van der Waals surface area contributed by atoms with Gasteiger partial charge in [0, 0.05) is 5.41 Å². The monoisotopic (exact) mass is 468 g/mol. The number of hydrogen-bond acceptors (Lipinski definition) is 4. The molecule has 180 valence electrons. The number of phenols is 4. The van der Waals surface area contributed by atoms with E-state index in [9.17, 15) is 20.4 Å². The third kappa shape index (κ3) is 5.78. The number of hydrogen-bond donors (Lipinski definition) is 4. The van der Waals surface area contributed by atoms with Crippen LogP contribution in [0.1, 0.15) is 47.2 Å². The van der Waals surface area contributed by atoms with Crippen molar-refractivity contribution in [1.82, 2.24) is 0 Å². The highest BCUT2D eigenvalue weighted by Gasteiger charge is 2.27. The second-order valence-electron chi connectivity index (χ2n) is 9.64. The summed E-state index contributed by atoms with van der Waals surface area (Å²) in [6, 6.07) is 25.8. The molecule has 4 aromatic rings. The minimum absolute atomic E-state index is 0.241. The van der Waals surface area contributed by atoms with Gasteiger partial charge < -0.3 is 20.4 Å². The van der Waals surface area contributed by atoms with Crippen LogP contribution in [0.15, 0.2) is 84.9 Å². The summed E-state index contributed by atoms with van der Waals surface area (Å²) in [5.41, 5.74) is 6.04. The maximum atomic E-state index is 10.5. The summed E-state index contributed by atoms with van der Waals surface area (Å²) >= 11 is 0. The molecule has 0 spiro atoms. The van der Waals surface area contributed by atoms with Crippen molar-refractivity contribution in [1.29, 1.82) is 0 Å². The van der Waals surface area contributed by atoms with Gasteiger partial charge in [-0.3, -0.25) is 0 Å². The van der Waals surface area contributed by atoms with Crippen LogP contribution in [0.2, 0.25) is 0 Å². The van der Waals surface area contributed by atoms with Crippen LogP contribution in [0.25, 0.3) is 0 Å². The molecule has 0 aliphatic rings. The highest BCUT2D eigenvalue weighted by Crippen LogP contribution is 2.37. The van der Waals surface area contributed by atoms with Gasteiger partial charge in [0.2, 0.25) is 0 Å². The second kappa shape index (κ2) is 10.1. The molecule has 4 N–H and O–H groups in total. The number of rotatable bonds is 8. The Kier molecular flexibility index (Phi) is 7.02. The van der Waals surface area contributed by atoms with Crippen LogP contribution in [-0.4, -0.2) is 20.4 Å². The summed E-state index contributed by atoms with van der Waals surface area (Å²) in [5.74, 6) is 1.02. The number of aryl methyl sites for hydroxylation is 4. The third-order valence-electron chi connectivity index (χ3n) is 6.80. The smallest absolute Gasteiger partial charge is 0.118 e. The molecule has 4 nitrogen and oxygen atoms in total. The molecule has 0 bridgehead atoms. The van der Waals surface area contributed by atoms with E-state index in [1.807, 2.05) is 42.5 Å². The summed E-state index contributed by atoms with van der Waals surface area (Å²) < 4.78 is 0. The van der Waals surface area contributed by atoms with E-state index in [-0.39, 0.29) is 28.4 Å². The molecule has 0 unspecified atom stereocenters. The lowest BCUT2D eigenvalue weighted by Crippen LogP contribution is -2.21. The molecule has 0 aliphatic heterocycles. The molecule has 0 aromatic heterocycles. The van der Waals surface area contributed by atoms with E-state index in [1.54, 1.807) is 36.4 Å². The molecule has 0 radical (unpaired) electrons. The van der Waals surface area contributed by atoms with E-state index in [0.717, 1.165) is 52.6 Å². The van der Waals surface area contributed by atoms with Gasteiger partial charge in [-0.2, -0.15) is 0 Å². The SMILES string of the molecule is CC(C)(c1ccc(O)c(CCc2ccc(O)cc2)c1)c1ccc(O)cc1CCc1ccc(O)cc1. The first-order chi connectivity index (χ1) is 16.7. The predicted molar refractivity (Wildman–Crippen MR) is 139 cm³/mol. The molecule has 0 saturated heterocycles. The van der Waals surface area contributed by atoms with Crippen LogP contribution in [0, 0.1) is 0 Å². The third-order valence-corrected chi connectivity index (χ3v) is 6.80. The first kappa shape index (κ1) is 24.2. The molecule has 0 aliphatic carbocycles. The van der Waals surface area contributed by atoms with Gasteiger partial charge in [-0.05, 0) is 102 Å². The fraction of sp³-hybridized carbons (Fsp3) is 0.226. The Morgan fingerprint density at radius 2 is 1.03 bits per heavy atom. The lowest BCUT2D eigenvalue weighted by atomic mass is 9.74. The van der Waals surface area contributed by atoms with E-state index >= 15 is 0 Å². The fourth-order valence-electron chi connectivity index (χ4n) is 4.61. The average Bonchev–Trinajstić information content (AvgIpc) is 2.84. The summed E-state index contributed by atoms with van der Waals surface area (Å²) in [6.45, 7) is 4.33. The highest BCUT2D eigenvalue weighted by atomic mass is 16.3. The lowest BCUT2D eigenvalue weighted by Gasteiger charge is -2.29. The summed E-state index contributed by atoms with van der Waals surface area (Å²) in [7, 11) is 0. The van der Waals surface area contributed by atoms with Gasteiger partial charge in [0.05, 0.1) is 0 Å². The Labute approximate surface area is 206 Å². The molecule has 0 saturated carbocycles. The molecule has 35 heavy (non-hydrogen) atoms. The van der Waals surface area contributed by atoms with Crippen molar-refractivity contribution in [2.45, 2.75) is 44.9 Å². The van der Waals surface area contributed by atoms with E-state index < -0.39 is 0 Å². The van der Waals surface area contributed by atoms with E-state index in [0.29, 0.717) is 6.42 Å². The lowest BCUT2D eigenvalue weighted by molar-refractivity contribution is 0.466. The van der Waals surface area contributed by atoms with Crippen molar-refractivity contribution < 1.29 is 20.4 Å². The Bertz CT molecular complexity index is 1290. The summed E-state index contributed by atoms with van der Waals surface area (Å²) in [4.78, 5) is 0. The van der Waals surface area contributed by atoms with Gasteiger partial charge in [0.1, 0.15) is 23.0 Å². The van der Waals surface area contributed by atoms with Crippen LogP contribution in [0.4, 0.5) is 0 Å². The molecule has 4 rings (SSSR count). The topological polar surface area (TPSA) is 80.9 Å². The summed E-state index contributed by atoms with van der Waals surface area (Å²) in [5, 5.41) is 39.8. The van der Waals surface area contributed by atoms with Gasteiger partial charge in [-0.25, -0.2) is 0 Å². The van der Waals surface area contributed by atoms with Crippen molar-refractivity contribution in [2.75, 3.05) is 0 Å². The van der Waals surface area contributed by atoms with E-state index in [2.05, 4.69) is 19.9 Å². The predicted octanol–water partition coefficient (Wildman–Crippen LogP) is 6.41. The maximum absolute atomic E-state index is 10.5. The molecular weight excluding hydrogens is 436 g/mol. The molecule has 0 heterocycles. The summed E-state index contributed by atoms with van der Waals surface area (Å²) in [6.07, 6.45) is 2.99. The molecule has 4 heteroatoms. The molecule has 0 fully saturated rings. The zero-order valence-electron chi connectivity index (χ0n) is 20.2. The van der Waals surface area contributed by atoms with Crippen molar-refractivity contribution >= 4 is 0 Å². The minimum Gasteiger partial charge on any atom is -0.508 e. The normalized spacial score (nSPS) is 11.5. The average molecular weight is 469 g/mol. The van der Waals surface area contributed by atoms with Crippen molar-refractivity contribution in [3.05, 3.63) is 118 Å². The molecule has 0 amide bonds. The number of aromatic hydroxyl groups is 4. The van der Waals surface area contributed by atoms with Crippen LogP contribution >= 0.6 is 0 Å². The van der Waals surface area contributed by atoms with Crippen LogP contribution < -0.4 is 0 Å². The standard InChI is InChI=1S/C31H32O4/c1-31(2,25-11-18-30(35)24(19-25)10-4-22-7-14-27(33)15-8-22)29-17-16-28(34)20-23(29)9-3-21-5-12-26(32)13-6-21/h5-8,11-20,32-35H,3-4,9-10H2,1-2H3. The molecular formula is C31H32O4. The second-order valence-corrected chi connectivity index (χ2v) is 9.64. The minimum atomic E-state index is -0.348. The maximum Gasteiger partial charge on any atom is 0.118 e. The van der Waals surface area contributed by atoms with E-state index in [4.69, 9.17) is 0 Å². The van der Waals surface area contributed by atoms with Crippen molar-refractivity contribution in [3.63, 3.8) is 0 Å². The van der Waals surface area contributed by atoms with Gasteiger partial charge >= 0.3 is 0 Å². The Balaban J connectivity index is 1.59. The first-order valence-corrected chi connectivity index (χ1v) is 11.9. The quantitative estimate of drug-likeness (QED) is 0.241. The van der Waals surface area contributed by atoms with Crippen LogP contribution in [0.5, 0.6) is 23.0 Å². The first-order valence-electron chi connectivity index (χ1n) is 11.9. The zero-order valence-corrected chi connectivity index (χ0v) is 20.2. The van der Waals surface area contributed by atoms with Gasteiger partial charge in [0.15, 0.2) is 0 Å². The molecule has 0 atom stereocenters. The number of phenolic OH excluding ortho intramolecular Hbond substituents is 4. The van der Waals surface area contributed by atoms with Crippen LogP contribution in [-0.2, 0) is 31.1 Å². The number of benzene rings is 4.